The Morgan fingerprint density at radius 3 is 2.48 bits per heavy atom. The van der Waals surface area contributed by atoms with Gasteiger partial charge in [-0.05, 0) is 62.3 Å². The highest BCUT2D eigenvalue weighted by atomic mass is 32.2. The van der Waals surface area contributed by atoms with Crippen LogP contribution in [0, 0.1) is 13.8 Å². The first-order valence-electron chi connectivity index (χ1n) is 14.3. The fourth-order valence-electron chi connectivity index (χ4n) is 5.80. The van der Waals surface area contributed by atoms with E-state index in [1.807, 2.05) is 29.2 Å². The van der Waals surface area contributed by atoms with E-state index in [0.29, 0.717) is 29.9 Å². The molecule has 40 heavy (non-hydrogen) atoms. The smallest absolute Gasteiger partial charge is 0.263 e. The van der Waals surface area contributed by atoms with E-state index in [-0.39, 0.29) is 16.6 Å². The van der Waals surface area contributed by atoms with Crippen LogP contribution in [-0.2, 0) is 27.8 Å². The molecule has 0 radical (unpaired) electrons. The summed E-state index contributed by atoms with van der Waals surface area (Å²) in [7, 11) is -3.93. The van der Waals surface area contributed by atoms with Crippen molar-refractivity contribution < 1.29 is 17.7 Å². The minimum Gasteiger partial charge on any atom is -0.359 e. The molecule has 2 heterocycles. The molecule has 0 unspecified atom stereocenters. The number of aromatic nitrogens is 1. The monoisotopic (exact) mass is 562 g/mol. The van der Waals surface area contributed by atoms with Crippen LogP contribution in [0.3, 0.4) is 0 Å². The zero-order valence-corrected chi connectivity index (χ0v) is 24.6. The lowest BCUT2D eigenvalue weighted by molar-refractivity contribution is -0.131. The second-order valence-electron chi connectivity index (χ2n) is 10.9. The summed E-state index contributed by atoms with van der Waals surface area (Å²) < 4.78 is 34.7. The van der Waals surface area contributed by atoms with Gasteiger partial charge in [-0.25, -0.2) is 8.42 Å². The van der Waals surface area contributed by atoms with Gasteiger partial charge in [0.05, 0.1) is 11.4 Å². The zero-order valence-electron chi connectivity index (χ0n) is 23.8. The molecule has 1 fully saturated rings. The molecule has 9 heteroatoms. The number of rotatable bonds is 10. The highest BCUT2D eigenvalue weighted by Crippen LogP contribution is 2.40. The van der Waals surface area contributed by atoms with Gasteiger partial charge in [0.15, 0.2) is 5.82 Å². The standard InChI is InChI=1S/C31H38N4O4S/c1-5-7-14-28-32-31(17-10-11-18-31)30(36)35(28)20-23-15-16-25(24(6-2)19-23)26-12-8-9-13-27(26)40(37,38)34-29-21(3)22(4)39-33-29/h8-9,12-13,15-16,19H,5-7,10-11,14,17-18,20H2,1-4H3,(H,33,34). The Morgan fingerprint density at radius 1 is 1.05 bits per heavy atom. The van der Waals surface area contributed by atoms with Crippen molar-refractivity contribution in [3.8, 4) is 11.1 Å². The Morgan fingerprint density at radius 2 is 1.80 bits per heavy atom. The van der Waals surface area contributed by atoms with Crippen LogP contribution in [0.1, 0.15) is 81.2 Å². The minimum atomic E-state index is -3.93. The van der Waals surface area contributed by atoms with Crippen molar-refractivity contribution >= 4 is 27.6 Å². The summed E-state index contributed by atoms with van der Waals surface area (Å²) in [6, 6.07) is 13.1. The van der Waals surface area contributed by atoms with E-state index in [4.69, 9.17) is 9.52 Å². The number of aliphatic imine (C=N–C) groups is 1. The Bertz CT molecular complexity index is 1550. The first-order chi connectivity index (χ1) is 19.2. The number of carbonyl (C=O) groups is 1. The number of carbonyl (C=O) groups excluding carboxylic acids is 1. The van der Waals surface area contributed by atoms with Gasteiger partial charge in [-0.15, -0.1) is 0 Å². The highest BCUT2D eigenvalue weighted by molar-refractivity contribution is 7.92. The quantitative estimate of drug-likeness (QED) is 0.301. The lowest BCUT2D eigenvalue weighted by Crippen LogP contribution is -2.40. The number of anilines is 1. The summed E-state index contributed by atoms with van der Waals surface area (Å²) in [5.74, 6) is 1.80. The largest absolute Gasteiger partial charge is 0.359 e. The normalized spacial score (nSPS) is 16.6. The van der Waals surface area contributed by atoms with Crippen LogP contribution < -0.4 is 4.72 Å². The van der Waals surface area contributed by atoms with E-state index in [0.717, 1.165) is 67.5 Å². The van der Waals surface area contributed by atoms with Crippen LogP contribution in [0.4, 0.5) is 5.82 Å². The lowest BCUT2D eigenvalue weighted by atomic mass is 9.95. The van der Waals surface area contributed by atoms with Gasteiger partial charge in [0.1, 0.15) is 17.1 Å². The molecule has 3 aromatic rings. The summed E-state index contributed by atoms with van der Waals surface area (Å²) in [5.41, 5.74) is 3.59. The fraction of sp³-hybridized carbons (Fsp3) is 0.452. The molecule has 1 aromatic heterocycles. The van der Waals surface area contributed by atoms with Crippen LogP contribution in [0.25, 0.3) is 11.1 Å². The van der Waals surface area contributed by atoms with Gasteiger partial charge in [0.25, 0.3) is 15.9 Å². The number of nitrogens with zero attached hydrogens (tertiary/aromatic N) is 3. The summed E-state index contributed by atoms with van der Waals surface area (Å²) in [4.78, 5) is 20.7. The van der Waals surface area contributed by atoms with Gasteiger partial charge >= 0.3 is 0 Å². The molecule has 1 amide bonds. The number of hydrogen-bond acceptors (Lipinski definition) is 6. The summed E-state index contributed by atoms with van der Waals surface area (Å²) in [6.45, 7) is 8.19. The van der Waals surface area contributed by atoms with E-state index in [1.54, 1.807) is 26.0 Å². The lowest BCUT2D eigenvalue weighted by Gasteiger charge is -2.23. The van der Waals surface area contributed by atoms with Gasteiger partial charge in [-0.3, -0.25) is 19.4 Å². The van der Waals surface area contributed by atoms with E-state index < -0.39 is 15.6 Å². The number of hydrogen-bond donors (Lipinski definition) is 1. The molecule has 2 aromatic carbocycles. The molecule has 0 saturated heterocycles. The predicted molar refractivity (Wildman–Crippen MR) is 157 cm³/mol. The van der Waals surface area contributed by atoms with Crippen molar-refractivity contribution in [3.63, 3.8) is 0 Å². The maximum absolute atomic E-state index is 13.6. The maximum Gasteiger partial charge on any atom is 0.263 e. The number of aryl methyl sites for hydroxylation is 2. The molecule has 1 aliphatic carbocycles. The van der Waals surface area contributed by atoms with Gasteiger partial charge in [-0.1, -0.05) is 74.7 Å². The van der Waals surface area contributed by atoms with Gasteiger partial charge < -0.3 is 4.52 Å². The summed E-state index contributed by atoms with van der Waals surface area (Å²) in [5, 5.41) is 3.87. The molecule has 0 atom stereocenters. The van der Waals surface area contributed by atoms with E-state index >= 15 is 0 Å². The highest BCUT2D eigenvalue weighted by Gasteiger charge is 2.49. The van der Waals surface area contributed by atoms with Crippen molar-refractivity contribution in [1.82, 2.24) is 10.1 Å². The van der Waals surface area contributed by atoms with Crippen molar-refractivity contribution in [2.24, 2.45) is 4.99 Å². The molecular weight excluding hydrogens is 524 g/mol. The van der Waals surface area contributed by atoms with Crippen molar-refractivity contribution in [3.05, 3.63) is 64.9 Å². The van der Waals surface area contributed by atoms with Crippen LogP contribution in [0.2, 0.25) is 0 Å². The number of amidine groups is 1. The average molecular weight is 563 g/mol. The second-order valence-corrected chi connectivity index (χ2v) is 12.6. The van der Waals surface area contributed by atoms with Crippen LogP contribution in [0.15, 0.2) is 56.9 Å². The molecule has 5 rings (SSSR count). The molecule has 2 aliphatic rings. The molecule has 1 saturated carbocycles. The van der Waals surface area contributed by atoms with Crippen molar-refractivity contribution in [2.75, 3.05) is 4.72 Å². The molecule has 0 bridgehead atoms. The third-order valence-corrected chi connectivity index (χ3v) is 9.63. The molecule has 8 nitrogen and oxygen atoms in total. The summed E-state index contributed by atoms with van der Waals surface area (Å²) in [6.07, 6.45) is 7.35. The Labute approximate surface area is 236 Å². The van der Waals surface area contributed by atoms with Crippen molar-refractivity contribution in [2.45, 2.75) is 96.0 Å². The van der Waals surface area contributed by atoms with E-state index in [9.17, 15) is 13.2 Å². The SMILES string of the molecule is CCCCC1=NC2(CCCC2)C(=O)N1Cc1ccc(-c2ccccc2S(=O)(=O)Nc2noc(C)c2C)c(CC)c1. The second kappa shape index (κ2) is 11.2. The predicted octanol–water partition coefficient (Wildman–Crippen LogP) is 6.57. The van der Waals surface area contributed by atoms with Crippen LogP contribution in [-0.4, -0.2) is 35.8 Å². The number of nitrogens with one attached hydrogen (secondary N) is 1. The third kappa shape index (κ3) is 5.19. The fourth-order valence-corrected chi connectivity index (χ4v) is 7.08. The molecular formula is C31H38N4O4S. The Balaban J connectivity index is 1.45. The topological polar surface area (TPSA) is 105 Å². The van der Waals surface area contributed by atoms with Gasteiger partial charge in [0, 0.05) is 17.5 Å². The number of sulfonamides is 1. The third-order valence-electron chi connectivity index (χ3n) is 8.23. The Kier molecular flexibility index (Phi) is 7.86. The van der Waals surface area contributed by atoms with Crippen LogP contribution >= 0.6 is 0 Å². The van der Waals surface area contributed by atoms with E-state index in [2.05, 4.69) is 29.8 Å². The van der Waals surface area contributed by atoms with E-state index in [1.165, 1.54) is 0 Å². The van der Waals surface area contributed by atoms with Crippen LogP contribution in [0.5, 0.6) is 0 Å². The first-order valence-corrected chi connectivity index (χ1v) is 15.7. The minimum absolute atomic E-state index is 0.138. The number of unbranched alkanes of at least 4 members (excludes halogenated alkanes) is 1. The number of amides is 1. The number of benzene rings is 2. The van der Waals surface area contributed by atoms with Gasteiger partial charge in [-0.2, -0.15) is 0 Å². The molecule has 212 valence electrons. The van der Waals surface area contributed by atoms with Crippen molar-refractivity contribution in [1.29, 1.82) is 0 Å². The molecule has 1 spiro atoms. The zero-order chi connectivity index (χ0) is 28.5. The maximum atomic E-state index is 13.6. The van der Waals surface area contributed by atoms with Gasteiger partial charge in [0.2, 0.25) is 0 Å². The average Bonchev–Trinajstić information content (AvgIpc) is 3.63. The Hall–Kier alpha value is -3.46. The molecule has 1 N–H and O–H groups in total. The first kappa shape index (κ1) is 28.1. The molecule has 1 aliphatic heterocycles. The summed E-state index contributed by atoms with van der Waals surface area (Å²) >= 11 is 0.